The first-order chi connectivity index (χ1) is 8.34. The van der Waals surface area contributed by atoms with E-state index in [0.29, 0.717) is 11.0 Å². The van der Waals surface area contributed by atoms with E-state index in [4.69, 9.17) is 11.6 Å². The summed E-state index contributed by atoms with van der Waals surface area (Å²) < 4.78 is 0. The van der Waals surface area contributed by atoms with Gasteiger partial charge < -0.3 is 9.80 Å². The predicted molar refractivity (Wildman–Crippen MR) is 73.1 cm³/mol. The second-order valence-corrected chi connectivity index (χ2v) is 5.06. The maximum Gasteiger partial charge on any atom is 0.241 e. The van der Waals surface area contributed by atoms with Gasteiger partial charge in [-0.1, -0.05) is 25.4 Å². The molecule has 1 aromatic heterocycles. The van der Waals surface area contributed by atoms with Crippen LogP contribution in [0.1, 0.15) is 25.3 Å². The predicted octanol–water partition coefficient (Wildman–Crippen LogP) is 1.78. The molecule has 0 saturated carbocycles. The summed E-state index contributed by atoms with van der Waals surface area (Å²) in [7, 11) is 5.28. The van der Waals surface area contributed by atoms with Gasteiger partial charge in [0.25, 0.3) is 0 Å². The molecule has 0 N–H and O–H groups in total. The molecule has 0 aliphatic carbocycles. The second-order valence-electron chi connectivity index (χ2n) is 4.70. The lowest BCUT2D eigenvalue weighted by atomic mass is 10.1. The molecular weight excluding hydrogens is 252 g/mol. The van der Waals surface area contributed by atoms with E-state index >= 15 is 0 Å². The normalized spacial score (nSPS) is 10.6. The van der Waals surface area contributed by atoms with Crippen molar-refractivity contribution in [3.63, 3.8) is 0 Å². The summed E-state index contributed by atoms with van der Waals surface area (Å²) in [5.41, 5.74) is 0.869. The van der Waals surface area contributed by atoms with Gasteiger partial charge in [0.1, 0.15) is 17.3 Å². The molecule has 0 bridgehead atoms. The molecule has 0 fully saturated rings. The number of rotatable bonds is 4. The number of likely N-dealkylation sites (N-methyl/N-ethyl adjacent to an activating group) is 2. The van der Waals surface area contributed by atoms with Gasteiger partial charge in [0, 0.05) is 26.7 Å². The zero-order chi connectivity index (χ0) is 13.9. The van der Waals surface area contributed by atoms with Crippen molar-refractivity contribution in [3.8, 4) is 0 Å². The number of amides is 1. The van der Waals surface area contributed by atoms with Gasteiger partial charge in [-0.25, -0.2) is 9.97 Å². The molecule has 0 aromatic carbocycles. The lowest BCUT2D eigenvalue weighted by molar-refractivity contribution is -0.127. The van der Waals surface area contributed by atoms with Gasteiger partial charge in [-0.15, -0.1) is 0 Å². The summed E-state index contributed by atoms with van der Waals surface area (Å²) in [5.74, 6) is 0.924. The van der Waals surface area contributed by atoms with E-state index in [-0.39, 0.29) is 18.4 Å². The first kappa shape index (κ1) is 14.7. The number of halogens is 1. The molecule has 0 spiro atoms. The molecule has 0 radical (unpaired) electrons. The third-order valence-electron chi connectivity index (χ3n) is 2.62. The van der Waals surface area contributed by atoms with E-state index in [9.17, 15) is 4.79 Å². The Hall–Kier alpha value is -1.36. The van der Waals surface area contributed by atoms with Crippen molar-refractivity contribution in [1.29, 1.82) is 0 Å². The van der Waals surface area contributed by atoms with Crippen molar-refractivity contribution in [1.82, 2.24) is 14.9 Å². The number of hydrogen-bond acceptors (Lipinski definition) is 4. The Bertz CT molecular complexity index is 434. The number of anilines is 1. The Labute approximate surface area is 113 Å². The molecule has 1 amide bonds. The molecule has 0 unspecified atom stereocenters. The van der Waals surface area contributed by atoms with Crippen molar-refractivity contribution >= 4 is 23.3 Å². The molecule has 0 aliphatic rings. The van der Waals surface area contributed by atoms with Gasteiger partial charge in [-0.3, -0.25) is 4.79 Å². The van der Waals surface area contributed by atoms with Crippen molar-refractivity contribution in [3.05, 3.63) is 17.0 Å². The third-order valence-corrected chi connectivity index (χ3v) is 2.93. The number of hydrogen-bond donors (Lipinski definition) is 0. The van der Waals surface area contributed by atoms with Crippen LogP contribution in [0.25, 0.3) is 0 Å². The van der Waals surface area contributed by atoms with E-state index in [1.54, 1.807) is 23.9 Å². The van der Waals surface area contributed by atoms with Crippen molar-refractivity contribution < 1.29 is 4.79 Å². The zero-order valence-corrected chi connectivity index (χ0v) is 12.2. The molecule has 1 aromatic rings. The van der Waals surface area contributed by atoms with E-state index in [1.807, 2.05) is 20.9 Å². The van der Waals surface area contributed by atoms with Crippen LogP contribution >= 0.6 is 11.6 Å². The summed E-state index contributed by atoms with van der Waals surface area (Å²) in [6, 6.07) is 0. The van der Waals surface area contributed by atoms with E-state index in [1.165, 1.54) is 6.33 Å². The van der Waals surface area contributed by atoms with Crippen LogP contribution in [0.15, 0.2) is 6.33 Å². The van der Waals surface area contributed by atoms with Crippen LogP contribution in [0.5, 0.6) is 0 Å². The highest BCUT2D eigenvalue weighted by atomic mass is 35.5. The van der Waals surface area contributed by atoms with Crippen LogP contribution in [0.4, 0.5) is 5.82 Å². The largest absolute Gasteiger partial charge is 0.350 e. The van der Waals surface area contributed by atoms with Crippen molar-refractivity contribution in [2.24, 2.45) is 0 Å². The fourth-order valence-corrected chi connectivity index (χ4v) is 1.93. The number of nitrogens with zero attached hydrogens (tertiary/aromatic N) is 4. The SMILES string of the molecule is CC(C)c1c(Cl)ncnc1N(C)CC(=O)N(C)C. The standard InChI is InChI=1S/C12H19ClN4O/c1-8(2)10-11(13)14-7-15-12(10)17(5)6-9(18)16(3)4/h7-8H,6H2,1-5H3. The highest BCUT2D eigenvalue weighted by molar-refractivity contribution is 6.30. The zero-order valence-electron chi connectivity index (χ0n) is 11.4. The van der Waals surface area contributed by atoms with Crippen LogP contribution in [0, 0.1) is 0 Å². The average Bonchev–Trinajstić information content (AvgIpc) is 2.27. The summed E-state index contributed by atoms with van der Waals surface area (Å²) in [6.45, 7) is 4.31. The summed E-state index contributed by atoms with van der Waals surface area (Å²) in [6.07, 6.45) is 1.42. The minimum Gasteiger partial charge on any atom is -0.350 e. The summed E-state index contributed by atoms with van der Waals surface area (Å²) >= 11 is 6.09. The van der Waals surface area contributed by atoms with Crippen LogP contribution in [0.3, 0.4) is 0 Å². The molecule has 1 rings (SSSR count). The molecular formula is C12H19ClN4O. The molecule has 6 heteroatoms. The smallest absolute Gasteiger partial charge is 0.241 e. The van der Waals surface area contributed by atoms with Gasteiger partial charge in [0.15, 0.2) is 0 Å². The van der Waals surface area contributed by atoms with Crippen molar-refractivity contribution in [2.45, 2.75) is 19.8 Å². The number of aromatic nitrogens is 2. The highest BCUT2D eigenvalue weighted by Gasteiger charge is 2.18. The third kappa shape index (κ3) is 3.32. The minimum absolute atomic E-state index is 0.0157. The fraction of sp³-hybridized carbons (Fsp3) is 0.583. The first-order valence-corrected chi connectivity index (χ1v) is 6.14. The van der Waals surface area contributed by atoms with Crippen LogP contribution < -0.4 is 4.90 Å². The first-order valence-electron chi connectivity index (χ1n) is 5.76. The van der Waals surface area contributed by atoms with Crippen LogP contribution in [0.2, 0.25) is 5.15 Å². The molecule has 100 valence electrons. The van der Waals surface area contributed by atoms with E-state index in [0.717, 1.165) is 5.56 Å². The Balaban J connectivity index is 3.02. The summed E-state index contributed by atoms with van der Waals surface area (Å²) in [4.78, 5) is 23.3. The molecule has 0 atom stereocenters. The maximum absolute atomic E-state index is 11.7. The topological polar surface area (TPSA) is 49.3 Å². The monoisotopic (exact) mass is 270 g/mol. The Morgan fingerprint density at radius 1 is 1.33 bits per heavy atom. The fourth-order valence-electron chi connectivity index (χ4n) is 1.59. The maximum atomic E-state index is 11.7. The number of carbonyl (C=O) groups excluding carboxylic acids is 1. The van der Waals surface area contributed by atoms with Gasteiger partial charge in [-0.2, -0.15) is 0 Å². The lowest BCUT2D eigenvalue weighted by Gasteiger charge is -2.23. The Morgan fingerprint density at radius 3 is 2.44 bits per heavy atom. The highest BCUT2D eigenvalue weighted by Crippen LogP contribution is 2.29. The molecule has 0 saturated heterocycles. The average molecular weight is 271 g/mol. The minimum atomic E-state index is 0.0157. The van der Waals surface area contributed by atoms with Gasteiger partial charge in [-0.05, 0) is 5.92 Å². The van der Waals surface area contributed by atoms with Gasteiger partial charge >= 0.3 is 0 Å². The molecule has 18 heavy (non-hydrogen) atoms. The number of carbonyl (C=O) groups is 1. The summed E-state index contributed by atoms with van der Waals surface area (Å²) in [5, 5.41) is 0.444. The lowest BCUT2D eigenvalue weighted by Crippen LogP contribution is -2.35. The molecule has 0 aliphatic heterocycles. The van der Waals surface area contributed by atoms with E-state index in [2.05, 4.69) is 9.97 Å². The Kier molecular flexibility index (Phi) is 4.90. The Morgan fingerprint density at radius 2 is 1.94 bits per heavy atom. The van der Waals surface area contributed by atoms with Gasteiger partial charge in [0.2, 0.25) is 5.91 Å². The molecule has 5 nitrogen and oxygen atoms in total. The molecule has 1 heterocycles. The van der Waals surface area contributed by atoms with E-state index < -0.39 is 0 Å². The quantitative estimate of drug-likeness (QED) is 0.783. The van der Waals surface area contributed by atoms with Gasteiger partial charge in [0.05, 0.1) is 6.54 Å². The van der Waals surface area contributed by atoms with Crippen LogP contribution in [-0.4, -0.2) is 48.5 Å². The van der Waals surface area contributed by atoms with Crippen molar-refractivity contribution in [2.75, 3.05) is 32.6 Å². The van der Waals surface area contributed by atoms with Crippen LogP contribution in [-0.2, 0) is 4.79 Å². The second kappa shape index (κ2) is 6.00.